The van der Waals surface area contributed by atoms with Crippen molar-refractivity contribution in [3.05, 3.63) is 24.3 Å². The summed E-state index contributed by atoms with van der Waals surface area (Å²) in [7, 11) is -3.27. The molecule has 118 valence electrons. The standard InChI is InChI=1S/C16H25NO3S/c1-15(2)8-10-16(18,11-9-15)12-17-13-6-4-5-7-14(13)21(3,19)20/h4-7,17-18H,8-12H2,1-3H3. The SMILES string of the molecule is CC1(C)CCC(O)(CNc2ccccc2S(C)(=O)=O)CC1. The van der Waals surface area contributed by atoms with Crippen molar-refractivity contribution in [3.63, 3.8) is 0 Å². The van der Waals surface area contributed by atoms with Gasteiger partial charge in [-0.2, -0.15) is 0 Å². The molecule has 0 spiro atoms. The lowest BCUT2D eigenvalue weighted by Crippen LogP contribution is -2.42. The van der Waals surface area contributed by atoms with Crippen LogP contribution < -0.4 is 5.32 Å². The second-order valence-corrected chi connectivity index (χ2v) is 8.99. The Morgan fingerprint density at radius 1 is 1.14 bits per heavy atom. The summed E-state index contributed by atoms with van der Waals surface area (Å²) in [6, 6.07) is 6.84. The number of sulfone groups is 1. The van der Waals surface area contributed by atoms with Crippen LogP contribution in [0.1, 0.15) is 39.5 Å². The number of para-hydroxylation sites is 1. The van der Waals surface area contributed by atoms with Crippen LogP contribution in [0.25, 0.3) is 0 Å². The minimum Gasteiger partial charge on any atom is -0.388 e. The average molecular weight is 311 g/mol. The highest BCUT2D eigenvalue weighted by atomic mass is 32.2. The van der Waals surface area contributed by atoms with Crippen molar-refractivity contribution in [1.82, 2.24) is 0 Å². The highest BCUT2D eigenvalue weighted by Gasteiger charge is 2.36. The van der Waals surface area contributed by atoms with Gasteiger partial charge in [0.05, 0.1) is 16.2 Å². The first-order chi connectivity index (χ1) is 9.61. The summed E-state index contributed by atoms with van der Waals surface area (Å²) in [6.07, 6.45) is 4.66. The maximum Gasteiger partial charge on any atom is 0.177 e. The average Bonchev–Trinajstić information content (AvgIpc) is 2.40. The second kappa shape index (κ2) is 5.61. The predicted molar refractivity (Wildman–Crippen MR) is 85.2 cm³/mol. The molecular weight excluding hydrogens is 286 g/mol. The van der Waals surface area contributed by atoms with Gasteiger partial charge in [-0.05, 0) is 43.2 Å². The second-order valence-electron chi connectivity index (χ2n) is 7.01. The number of rotatable bonds is 4. The number of nitrogens with one attached hydrogen (secondary N) is 1. The molecule has 0 unspecified atom stereocenters. The van der Waals surface area contributed by atoms with Crippen molar-refractivity contribution in [2.75, 3.05) is 18.1 Å². The first-order valence-electron chi connectivity index (χ1n) is 7.37. The van der Waals surface area contributed by atoms with E-state index in [1.807, 2.05) is 0 Å². The Labute approximate surface area is 127 Å². The molecule has 0 bridgehead atoms. The maximum atomic E-state index is 11.8. The van der Waals surface area contributed by atoms with Crippen LogP contribution in [0.4, 0.5) is 5.69 Å². The van der Waals surface area contributed by atoms with E-state index in [1.54, 1.807) is 24.3 Å². The Hall–Kier alpha value is -1.07. The molecule has 0 aliphatic heterocycles. The zero-order valence-electron chi connectivity index (χ0n) is 13.0. The number of hydrogen-bond acceptors (Lipinski definition) is 4. The summed E-state index contributed by atoms with van der Waals surface area (Å²) < 4.78 is 23.5. The van der Waals surface area contributed by atoms with Crippen molar-refractivity contribution in [2.45, 2.75) is 50.0 Å². The van der Waals surface area contributed by atoms with Gasteiger partial charge in [0.25, 0.3) is 0 Å². The molecule has 1 saturated carbocycles. The molecular formula is C16H25NO3S. The van der Waals surface area contributed by atoms with Crippen LogP contribution in [0, 0.1) is 5.41 Å². The molecule has 1 aliphatic rings. The Morgan fingerprint density at radius 3 is 2.29 bits per heavy atom. The van der Waals surface area contributed by atoms with E-state index in [1.165, 1.54) is 6.26 Å². The third-order valence-corrected chi connectivity index (χ3v) is 5.58. The number of benzene rings is 1. The van der Waals surface area contributed by atoms with E-state index in [4.69, 9.17) is 0 Å². The van der Waals surface area contributed by atoms with E-state index < -0.39 is 15.4 Å². The van der Waals surface area contributed by atoms with E-state index in [0.717, 1.165) is 25.7 Å². The summed E-state index contributed by atoms with van der Waals surface area (Å²) in [5, 5.41) is 13.8. The van der Waals surface area contributed by atoms with Crippen LogP contribution in [-0.4, -0.2) is 31.9 Å². The van der Waals surface area contributed by atoms with Gasteiger partial charge in [0.15, 0.2) is 9.84 Å². The van der Waals surface area contributed by atoms with Crippen molar-refractivity contribution in [2.24, 2.45) is 5.41 Å². The van der Waals surface area contributed by atoms with Crippen LogP contribution in [0.3, 0.4) is 0 Å². The largest absolute Gasteiger partial charge is 0.388 e. The van der Waals surface area contributed by atoms with Crippen LogP contribution >= 0.6 is 0 Å². The summed E-state index contributed by atoms with van der Waals surface area (Å²) in [4.78, 5) is 0.282. The highest BCUT2D eigenvalue weighted by Crippen LogP contribution is 2.40. The fourth-order valence-electron chi connectivity index (χ4n) is 2.76. The van der Waals surface area contributed by atoms with E-state index in [0.29, 0.717) is 12.2 Å². The minimum atomic E-state index is -3.27. The van der Waals surface area contributed by atoms with Crippen LogP contribution in [0.5, 0.6) is 0 Å². The lowest BCUT2D eigenvalue weighted by molar-refractivity contribution is -0.0145. The quantitative estimate of drug-likeness (QED) is 0.897. The summed E-state index contributed by atoms with van der Waals surface area (Å²) in [5.41, 5.74) is 0.107. The van der Waals surface area contributed by atoms with E-state index in [9.17, 15) is 13.5 Å². The molecule has 0 heterocycles. The van der Waals surface area contributed by atoms with Gasteiger partial charge in [-0.25, -0.2) is 8.42 Å². The lowest BCUT2D eigenvalue weighted by atomic mass is 9.71. The van der Waals surface area contributed by atoms with Crippen LogP contribution in [0.15, 0.2) is 29.2 Å². The molecule has 0 saturated heterocycles. The molecule has 1 aromatic rings. The lowest BCUT2D eigenvalue weighted by Gasteiger charge is -2.40. The molecule has 0 atom stereocenters. The fraction of sp³-hybridized carbons (Fsp3) is 0.625. The zero-order chi connectivity index (χ0) is 15.7. The van der Waals surface area contributed by atoms with Gasteiger partial charge in [-0.1, -0.05) is 26.0 Å². The van der Waals surface area contributed by atoms with E-state index >= 15 is 0 Å². The summed E-state index contributed by atoms with van der Waals surface area (Å²) in [6.45, 7) is 4.83. The normalized spacial score (nSPS) is 21.0. The Bertz CT molecular complexity index is 598. The van der Waals surface area contributed by atoms with Gasteiger partial charge in [0.2, 0.25) is 0 Å². The molecule has 5 heteroatoms. The molecule has 2 N–H and O–H groups in total. The fourth-order valence-corrected chi connectivity index (χ4v) is 3.63. The summed E-state index contributed by atoms with van der Waals surface area (Å²) >= 11 is 0. The third kappa shape index (κ3) is 4.20. The molecule has 21 heavy (non-hydrogen) atoms. The van der Waals surface area contributed by atoms with Crippen molar-refractivity contribution < 1.29 is 13.5 Å². The maximum absolute atomic E-state index is 11.8. The monoisotopic (exact) mass is 311 g/mol. The van der Waals surface area contributed by atoms with Crippen LogP contribution in [-0.2, 0) is 9.84 Å². The first-order valence-corrected chi connectivity index (χ1v) is 9.26. The zero-order valence-corrected chi connectivity index (χ0v) is 13.8. The van der Waals surface area contributed by atoms with Gasteiger partial charge >= 0.3 is 0 Å². The smallest absolute Gasteiger partial charge is 0.177 e. The molecule has 1 fully saturated rings. The Balaban J connectivity index is 2.08. The predicted octanol–water partition coefficient (Wildman–Crippen LogP) is 2.83. The van der Waals surface area contributed by atoms with Gasteiger partial charge in [0.1, 0.15) is 0 Å². The molecule has 1 aliphatic carbocycles. The number of aliphatic hydroxyl groups is 1. The third-order valence-electron chi connectivity index (χ3n) is 4.43. The molecule has 2 rings (SSSR count). The first kappa shape index (κ1) is 16.3. The molecule has 0 radical (unpaired) electrons. The highest BCUT2D eigenvalue weighted by molar-refractivity contribution is 7.90. The van der Waals surface area contributed by atoms with Crippen molar-refractivity contribution >= 4 is 15.5 Å². The van der Waals surface area contributed by atoms with Gasteiger partial charge < -0.3 is 10.4 Å². The van der Waals surface area contributed by atoms with Gasteiger partial charge in [-0.3, -0.25) is 0 Å². The van der Waals surface area contributed by atoms with Crippen molar-refractivity contribution in [1.29, 1.82) is 0 Å². The molecule has 0 amide bonds. The van der Waals surface area contributed by atoms with Crippen molar-refractivity contribution in [3.8, 4) is 0 Å². The molecule has 1 aromatic carbocycles. The Morgan fingerprint density at radius 2 is 1.71 bits per heavy atom. The molecule has 4 nitrogen and oxygen atoms in total. The summed E-state index contributed by atoms with van der Waals surface area (Å²) in [5.74, 6) is 0. The van der Waals surface area contributed by atoms with E-state index in [-0.39, 0.29) is 10.3 Å². The van der Waals surface area contributed by atoms with Crippen LogP contribution in [0.2, 0.25) is 0 Å². The van der Waals surface area contributed by atoms with Gasteiger partial charge in [-0.15, -0.1) is 0 Å². The van der Waals surface area contributed by atoms with E-state index in [2.05, 4.69) is 19.2 Å². The number of anilines is 1. The Kier molecular flexibility index (Phi) is 4.36. The van der Waals surface area contributed by atoms with Gasteiger partial charge in [0, 0.05) is 12.8 Å². The topological polar surface area (TPSA) is 66.4 Å². The molecule has 0 aromatic heterocycles. The number of hydrogen-bond donors (Lipinski definition) is 2. The minimum absolute atomic E-state index is 0.282.